The van der Waals surface area contributed by atoms with Gasteiger partial charge in [0.15, 0.2) is 11.5 Å². The Morgan fingerprint density at radius 3 is 2.39 bits per heavy atom. The van der Waals surface area contributed by atoms with Crippen LogP contribution in [0, 0.1) is 0 Å². The summed E-state index contributed by atoms with van der Waals surface area (Å²) in [6, 6.07) is 13.0. The Morgan fingerprint density at radius 2 is 1.79 bits per heavy atom. The summed E-state index contributed by atoms with van der Waals surface area (Å²) in [7, 11) is 3.03. The molecule has 6 heteroatoms. The van der Waals surface area contributed by atoms with E-state index in [1.165, 1.54) is 19.1 Å². The Bertz CT molecular complexity index is 949. The van der Waals surface area contributed by atoms with Crippen molar-refractivity contribution in [2.45, 2.75) is 6.04 Å². The average molecular weight is 379 g/mol. The van der Waals surface area contributed by atoms with Crippen LogP contribution in [0.5, 0.6) is 11.5 Å². The van der Waals surface area contributed by atoms with Crippen molar-refractivity contribution in [1.29, 1.82) is 0 Å². The number of carbonyl (C=O) groups excluding carboxylic acids is 2. The number of Topliss-reactive ketones (excluding diaryl/α,β-unsaturated/α-hetero) is 1. The van der Waals surface area contributed by atoms with Crippen molar-refractivity contribution >= 4 is 17.4 Å². The van der Waals surface area contributed by atoms with E-state index in [1.54, 1.807) is 54.6 Å². The third-order valence-electron chi connectivity index (χ3n) is 4.64. The molecule has 1 unspecified atom stereocenters. The quantitative estimate of drug-likeness (QED) is 0.361. The van der Waals surface area contributed by atoms with E-state index in [9.17, 15) is 14.7 Å². The van der Waals surface area contributed by atoms with Gasteiger partial charge in [0, 0.05) is 12.1 Å². The van der Waals surface area contributed by atoms with E-state index in [0.717, 1.165) is 0 Å². The number of benzene rings is 2. The van der Waals surface area contributed by atoms with Crippen LogP contribution in [-0.2, 0) is 9.59 Å². The van der Waals surface area contributed by atoms with Crippen LogP contribution < -0.4 is 9.47 Å². The lowest BCUT2D eigenvalue weighted by molar-refractivity contribution is -0.139. The standard InChI is InChI=1S/C22H21NO5/c1-4-12-23-19(15-10-11-16(27-2)17(13-15)28-3)18(21(25)22(23)26)20(24)14-8-6-5-7-9-14/h4-11,13,19,24H,1,12H2,2-3H3/b20-18+. The normalized spacial score (nSPS) is 18.2. The van der Waals surface area contributed by atoms with Crippen LogP contribution in [0.1, 0.15) is 17.2 Å². The SMILES string of the molecule is C=CCN1C(=O)C(=O)/C(=C(/O)c2ccccc2)C1c1ccc(OC)c(OC)c1. The molecule has 1 atom stereocenters. The third-order valence-corrected chi connectivity index (χ3v) is 4.64. The average Bonchev–Trinajstić information content (AvgIpc) is 2.98. The molecule has 0 spiro atoms. The highest BCUT2D eigenvalue weighted by Crippen LogP contribution is 2.41. The van der Waals surface area contributed by atoms with Crippen LogP contribution in [0.4, 0.5) is 0 Å². The van der Waals surface area contributed by atoms with Crippen LogP contribution in [0.15, 0.2) is 66.8 Å². The molecule has 2 aromatic carbocycles. The summed E-state index contributed by atoms with van der Waals surface area (Å²) >= 11 is 0. The molecule has 2 aromatic rings. The molecule has 0 saturated carbocycles. The summed E-state index contributed by atoms with van der Waals surface area (Å²) in [5.41, 5.74) is 1.12. The van der Waals surface area contributed by atoms with Gasteiger partial charge in [0.05, 0.1) is 25.8 Å². The van der Waals surface area contributed by atoms with E-state index in [1.807, 2.05) is 0 Å². The van der Waals surface area contributed by atoms with Crippen molar-refractivity contribution in [2.24, 2.45) is 0 Å². The summed E-state index contributed by atoms with van der Waals surface area (Å²) in [6.07, 6.45) is 1.54. The number of amides is 1. The highest BCUT2D eigenvalue weighted by Gasteiger charge is 2.45. The molecule has 28 heavy (non-hydrogen) atoms. The second kappa shape index (κ2) is 8.00. The Morgan fingerprint density at radius 1 is 1.11 bits per heavy atom. The molecule has 1 aliphatic rings. The summed E-state index contributed by atoms with van der Waals surface area (Å²) in [6.45, 7) is 3.83. The van der Waals surface area contributed by atoms with E-state index in [2.05, 4.69) is 6.58 Å². The number of methoxy groups -OCH3 is 2. The minimum atomic E-state index is -0.766. The summed E-state index contributed by atoms with van der Waals surface area (Å²) < 4.78 is 10.6. The maximum atomic E-state index is 12.8. The molecule has 0 radical (unpaired) electrons. The molecule has 0 aromatic heterocycles. The lowest BCUT2D eigenvalue weighted by atomic mass is 9.95. The fourth-order valence-electron chi connectivity index (χ4n) is 3.33. The summed E-state index contributed by atoms with van der Waals surface area (Å²) in [5, 5.41) is 10.9. The number of aliphatic hydroxyl groups is 1. The van der Waals surface area contributed by atoms with E-state index in [0.29, 0.717) is 22.6 Å². The van der Waals surface area contributed by atoms with Crippen LogP contribution in [-0.4, -0.2) is 42.5 Å². The number of hydrogen-bond acceptors (Lipinski definition) is 5. The highest BCUT2D eigenvalue weighted by molar-refractivity contribution is 6.46. The van der Waals surface area contributed by atoms with Crippen molar-refractivity contribution in [3.63, 3.8) is 0 Å². The molecule has 1 amide bonds. The molecule has 0 bridgehead atoms. The molecular weight excluding hydrogens is 358 g/mol. The molecule has 1 aliphatic heterocycles. The minimum Gasteiger partial charge on any atom is -0.507 e. The number of aliphatic hydroxyl groups excluding tert-OH is 1. The zero-order chi connectivity index (χ0) is 20.3. The van der Waals surface area contributed by atoms with Gasteiger partial charge in [0.25, 0.3) is 11.7 Å². The van der Waals surface area contributed by atoms with Crippen LogP contribution in [0.25, 0.3) is 5.76 Å². The van der Waals surface area contributed by atoms with Gasteiger partial charge in [-0.3, -0.25) is 9.59 Å². The zero-order valence-corrected chi connectivity index (χ0v) is 15.7. The van der Waals surface area contributed by atoms with Gasteiger partial charge in [-0.2, -0.15) is 0 Å². The van der Waals surface area contributed by atoms with Gasteiger partial charge in [-0.25, -0.2) is 0 Å². The largest absolute Gasteiger partial charge is 0.507 e. The second-order valence-electron chi connectivity index (χ2n) is 6.22. The molecule has 0 aliphatic carbocycles. The molecule has 1 fully saturated rings. The first kappa shape index (κ1) is 19.2. The Kier molecular flexibility index (Phi) is 5.49. The Balaban J connectivity index is 2.21. The number of rotatable bonds is 6. The molecule has 144 valence electrons. The van der Waals surface area contributed by atoms with Gasteiger partial charge in [-0.05, 0) is 17.7 Å². The van der Waals surface area contributed by atoms with Gasteiger partial charge in [0.1, 0.15) is 5.76 Å². The molecule has 3 rings (SSSR count). The Labute approximate surface area is 163 Å². The second-order valence-corrected chi connectivity index (χ2v) is 6.22. The van der Waals surface area contributed by atoms with Crippen LogP contribution >= 0.6 is 0 Å². The minimum absolute atomic E-state index is 0.0327. The smallest absolute Gasteiger partial charge is 0.295 e. The van der Waals surface area contributed by atoms with Gasteiger partial charge >= 0.3 is 0 Å². The number of ether oxygens (including phenoxy) is 2. The molecule has 1 N–H and O–H groups in total. The highest BCUT2D eigenvalue weighted by atomic mass is 16.5. The first-order valence-corrected chi connectivity index (χ1v) is 8.70. The number of nitrogens with zero attached hydrogens (tertiary/aromatic N) is 1. The molecule has 1 heterocycles. The number of hydrogen-bond donors (Lipinski definition) is 1. The number of ketones is 1. The molecular formula is C22H21NO5. The first-order valence-electron chi connectivity index (χ1n) is 8.70. The fourth-order valence-corrected chi connectivity index (χ4v) is 3.33. The maximum Gasteiger partial charge on any atom is 0.295 e. The van der Waals surface area contributed by atoms with E-state index in [4.69, 9.17) is 9.47 Å². The third kappa shape index (κ3) is 3.24. The predicted molar refractivity (Wildman–Crippen MR) is 105 cm³/mol. The van der Waals surface area contributed by atoms with Gasteiger partial charge in [-0.15, -0.1) is 6.58 Å². The van der Waals surface area contributed by atoms with Crippen molar-refractivity contribution in [3.05, 3.63) is 77.9 Å². The maximum absolute atomic E-state index is 12.8. The number of likely N-dealkylation sites (tertiary alicyclic amines) is 1. The summed E-state index contributed by atoms with van der Waals surface area (Å²) in [4.78, 5) is 26.8. The van der Waals surface area contributed by atoms with E-state index < -0.39 is 17.7 Å². The first-order chi connectivity index (χ1) is 13.5. The summed E-state index contributed by atoms with van der Waals surface area (Å²) in [5.74, 6) is -0.649. The number of carbonyl (C=O) groups is 2. The van der Waals surface area contributed by atoms with Gasteiger partial charge in [0.2, 0.25) is 0 Å². The molecule has 1 saturated heterocycles. The lowest BCUT2D eigenvalue weighted by Crippen LogP contribution is -2.29. The van der Waals surface area contributed by atoms with E-state index >= 15 is 0 Å². The monoisotopic (exact) mass is 379 g/mol. The topological polar surface area (TPSA) is 76.1 Å². The van der Waals surface area contributed by atoms with Crippen molar-refractivity contribution in [1.82, 2.24) is 4.90 Å². The van der Waals surface area contributed by atoms with Crippen molar-refractivity contribution in [3.8, 4) is 11.5 Å². The fraction of sp³-hybridized carbons (Fsp3) is 0.182. The van der Waals surface area contributed by atoms with E-state index in [-0.39, 0.29) is 17.9 Å². The predicted octanol–water partition coefficient (Wildman–Crippen LogP) is 3.31. The lowest BCUT2D eigenvalue weighted by Gasteiger charge is -2.24. The van der Waals surface area contributed by atoms with Crippen LogP contribution in [0.3, 0.4) is 0 Å². The van der Waals surface area contributed by atoms with Crippen molar-refractivity contribution < 1.29 is 24.2 Å². The van der Waals surface area contributed by atoms with Crippen molar-refractivity contribution in [2.75, 3.05) is 20.8 Å². The van der Waals surface area contributed by atoms with Gasteiger partial charge in [-0.1, -0.05) is 42.5 Å². The molecule has 6 nitrogen and oxygen atoms in total. The van der Waals surface area contributed by atoms with Crippen LogP contribution in [0.2, 0.25) is 0 Å². The Hall–Kier alpha value is -3.54. The van der Waals surface area contributed by atoms with Gasteiger partial charge < -0.3 is 19.5 Å². The zero-order valence-electron chi connectivity index (χ0n) is 15.7.